The lowest BCUT2D eigenvalue weighted by Gasteiger charge is -2.20. The maximum atomic E-state index is 13.5. The second kappa shape index (κ2) is 7.83. The van der Waals surface area contributed by atoms with Crippen LogP contribution in [0.2, 0.25) is 0 Å². The molecule has 144 valence electrons. The molecule has 1 atom stereocenters. The van der Waals surface area contributed by atoms with Crippen LogP contribution in [0.5, 0.6) is 0 Å². The highest BCUT2D eigenvalue weighted by Crippen LogP contribution is 2.40. The van der Waals surface area contributed by atoms with E-state index < -0.39 is 16.4 Å². The zero-order valence-electron chi connectivity index (χ0n) is 15.1. The predicted molar refractivity (Wildman–Crippen MR) is 99.7 cm³/mol. The third-order valence-corrected chi connectivity index (χ3v) is 4.47. The maximum absolute atomic E-state index is 13.5. The number of hydrogen-bond donors (Lipinski definition) is 3. The van der Waals surface area contributed by atoms with E-state index in [2.05, 4.69) is 20.6 Å². The molecule has 1 aromatic heterocycles. The van der Waals surface area contributed by atoms with Crippen molar-refractivity contribution in [1.82, 2.24) is 9.97 Å². The van der Waals surface area contributed by atoms with Crippen LogP contribution in [0.25, 0.3) is 0 Å². The van der Waals surface area contributed by atoms with Crippen molar-refractivity contribution >= 4 is 23.1 Å². The van der Waals surface area contributed by atoms with Crippen molar-refractivity contribution in [3.8, 4) is 0 Å². The number of nitro benzene ring substituents is 1. The number of benzene rings is 1. The van der Waals surface area contributed by atoms with Crippen LogP contribution in [0.15, 0.2) is 24.3 Å². The van der Waals surface area contributed by atoms with E-state index in [0.717, 1.165) is 30.7 Å². The molecule has 2 aromatic rings. The number of nitro groups is 1. The van der Waals surface area contributed by atoms with Gasteiger partial charge in [0.25, 0.3) is 0 Å². The molecule has 1 heterocycles. The van der Waals surface area contributed by atoms with Crippen LogP contribution in [-0.2, 0) is 0 Å². The monoisotopic (exact) mass is 375 g/mol. The molecule has 0 radical (unpaired) electrons. The molecule has 1 fully saturated rings. The van der Waals surface area contributed by atoms with Gasteiger partial charge >= 0.3 is 5.69 Å². The first kappa shape index (κ1) is 19.0. The Balaban J connectivity index is 1.88. The molecule has 0 aliphatic heterocycles. The summed E-state index contributed by atoms with van der Waals surface area (Å²) < 4.78 is 13.5. The van der Waals surface area contributed by atoms with Gasteiger partial charge in [0.15, 0.2) is 0 Å². The number of nitrogens with zero attached hydrogens (tertiary/aromatic N) is 3. The molecule has 0 amide bonds. The minimum absolute atomic E-state index is 0.0540. The summed E-state index contributed by atoms with van der Waals surface area (Å²) in [7, 11) is 0. The predicted octanol–water partition coefficient (Wildman–Crippen LogP) is 3.57. The summed E-state index contributed by atoms with van der Waals surface area (Å²) in [4.78, 5) is 19.1. The van der Waals surface area contributed by atoms with Gasteiger partial charge in [-0.05, 0) is 30.9 Å². The Morgan fingerprint density at radius 2 is 2.07 bits per heavy atom. The third-order valence-electron chi connectivity index (χ3n) is 4.47. The Labute approximate surface area is 156 Å². The van der Waals surface area contributed by atoms with E-state index in [1.807, 2.05) is 13.8 Å². The maximum Gasteiger partial charge on any atom is 0.306 e. The first-order valence-electron chi connectivity index (χ1n) is 8.84. The van der Waals surface area contributed by atoms with Crippen LogP contribution in [0.3, 0.4) is 0 Å². The summed E-state index contributed by atoms with van der Waals surface area (Å²) in [5, 5.41) is 26.6. The van der Waals surface area contributed by atoms with E-state index in [1.54, 1.807) is 6.07 Å². The molecule has 8 nitrogen and oxygen atoms in total. The highest BCUT2D eigenvalue weighted by Gasteiger charge is 2.27. The van der Waals surface area contributed by atoms with Gasteiger partial charge in [-0.25, -0.2) is 4.98 Å². The molecule has 1 aromatic carbocycles. The number of halogens is 1. The van der Waals surface area contributed by atoms with Crippen molar-refractivity contribution in [3.05, 3.63) is 45.9 Å². The first-order valence-corrected chi connectivity index (χ1v) is 8.84. The zero-order chi connectivity index (χ0) is 19.6. The van der Waals surface area contributed by atoms with E-state index >= 15 is 0 Å². The molecule has 1 saturated carbocycles. The standard InChI is InChI=1S/C18H22FN5O3/c1-10(2)15(9-25)22-18-21-14(11-3-4-11)8-17(23-18)20-12-5-6-13(19)16(7-12)24(26)27/h5-8,10-11,15,25H,3-4,9H2,1-2H3,(H2,20,21,22,23)/t15-/m0/s1. The molecule has 0 unspecified atom stereocenters. The Morgan fingerprint density at radius 3 is 2.67 bits per heavy atom. The van der Waals surface area contributed by atoms with Crippen molar-refractivity contribution in [2.75, 3.05) is 17.2 Å². The topological polar surface area (TPSA) is 113 Å². The molecule has 1 aliphatic rings. The van der Waals surface area contributed by atoms with Crippen molar-refractivity contribution in [2.24, 2.45) is 5.92 Å². The first-order chi connectivity index (χ1) is 12.9. The van der Waals surface area contributed by atoms with E-state index in [0.29, 0.717) is 23.4 Å². The lowest BCUT2D eigenvalue weighted by atomic mass is 10.1. The van der Waals surface area contributed by atoms with Gasteiger partial charge in [0.05, 0.1) is 23.3 Å². The van der Waals surface area contributed by atoms with Gasteiger partial charge in [-0.3, -0.25) is 10.1 Å². The van der Waals surface area contributed by atoms with Gasteiger partial charge < -0.3 is 15.7 Å². The summed E-state index contributed by atoms with van der Waals surface area (Å²) in [5.41, 5.74) is 0.624. The Hall–Kier alpha value is -2.81. The number of hydrogen-bond acceptors (Lipinski definition) is 7. The fourth-order valence-corrected chi connectivity index (χ4v) is 2.65. The number of aliphatic hydroxyl groups excluding tert-OH is 1. The molecule has 0 spiro atoms. The Morgan fingerprint density at radius 1 is 1.33 bits per heavy atom. The summed E-state index contributed by atoms with van der Waals surface area (Å²) in [6, 6.07) is 5.19. The van der Waals surface area contributed by atoms with E-state index in [-0.39, 0.29) is 18.6 Å². The van der Waals surface area contributed by atoms with Crippen molar-refractivity contribution < 1.29 is 14.4 Å². The van der Waals surface area contributed by atoms with Crippen LogP contribution in [0.4, 0.5) is 27.5 Å². The van der Waals surface area contributed by atoms with Crippen LogP contribution >= 0.6 is 0 Å². The van der Waals surface area contributed by atoms with Crippen molar-refractivity contribution in [1.29, 1.82) is 0 Å². The number of anilines is 3. The van der Waals surface area contributed by atoms with Gasteiger partial charge in [0, 0.05) is 23.7 Å². The molecule has 3 rings (SSSR count). The van der Waals surface area contributed by atoms with E-state index in [4.69, 9.17) is 0 Å². The number of nitrogens with one attached hydrogen (secondary N) is 2. The van der Waals surface area contributed by atoms with Crippen molar-refractivity contribution in [2.45, 2.75) is 38.6 Å². The second-order valence-electron chi connectivity index (χ2n) is 7.00. The third kappa shape index (κ3) is 4.68. The fourth-order valence-electron chi connectivity index (χ4n) is 2.65. The zero-order valence-corrected chi connectivity index (χ0v) is 15.1. The van der Waals surface area contributed by atoms with Gasteiger partial charge in [0.2, 0.25) is 11.8 Å². The molecule has 3 N–H and O–H groups in total. The van der Waals surface area contributed by atoms with Crippen LogP contribution < -0.4 is 10.6 Å². The minimum Gasteiger partial charge on any atom is -0.394 e. The SMILES string of the molecule is CC(C)[C@H](CO)Nc1nc(Nc2ccc(F)c([N+](=O)[O-])c2)cc(C2CC2)n1. The highest BCUT2D eigenvalue weighted by atomic mass is 19.1. The van der Waals surface area contributed by atoms with Gasteiger partial charge in [-0.15, -0.1) is 0 Å². The minimum atomic E-state index is -0.892. The van der Waals surface area contributed by atoms with Gasteiger partial charge in [-0.1, -0.05) is 13.8 Å². The fraction of sp³-hybridized carbons (Fsp3) is 0.444. The molecular formula is C18H22FN5O3. The molecule has 0 bridgehead atoms. The van der Waals surface area contributed by atoms with Gasteiger partial charge in [0.1, 0.15) is 5.82 Å². The molecule has 1 aliphatic carbocycles. The lowest BCUT2D eigenvalue weighted by Crippen LogP contribution is -2.30. The summed E-state index contributed by atoms with van der Waals surface area (Å²) in [6.07, 6.45) is 2.09. The average molecular weight is 375 g/mol. The summed E-state index contributed by atoms with van der Waals surface area (Å²) >= 11 is 0. The number of aromatic nitrogens is 2. The van der Waals surface area contributed by atoms with E-state index in [9.17, 15) is 19.6 Å². The molecule has 9 heteroatoms. The van der Waals surface area contributed by atoms with Gasteiger partial charge in [-0.2, -0.15) is 9.37 Å². The Bertz CT molecular complexity index is 842. The van der Waals surface area contributed by atoms with Crippen LogP contribution in [0, 0.1) is 21.8 Å². The number of rotatable bonds is 8. The van der Waals surface area contributed by atoms with Crippen molar-refractivity contribution in [3.63, 3.8) is 0 Å². The quantitative estimate of drug-likeness (QED) is 0.477. The largest absolute Gasteiger partial charge is 0.394 e. The highest BCUT2D eigenvalue weighted by molar-refractivity contribution is 5.61. The smallest absolute Gasteiger partial charge is 0.306 e. The molecule has 27 heavy (non-hydrogen) atoms. The Kier molecular flexibility index (Phi) is 5.50. The second-order valence-corrected chi connectivity index (χ2v) is 7.00. The lowest BCUT2D eigenvalue weighted by molar-refractivity contribution is -0.387. The van der Waals surface area contributed by atoms with Crippen LogP contribution in [-0.4, -0.2) is 32.6 Å². The summed E-state index contributed by atoms with van der Waals surface area (Å²) in [5.74, 6) is 0.488. The molecule has 0 saturated heterocycles. The van der Waals surface area contributed by atoms with E-state index in [1.165, 1.54) is 6.07 Å². The number of aliphatic hydroxyl groups is 1. The normalized spacial score (nSPS) is 14.9. The summed E-state index contributed by atoms with van der Waals surface area (Å²) in [6.45, 7) is 3.91. The van der Waals surface area contributed by atoms with Crippen LogP contribution in [0.1, 0.15) is 38.3 Å². The molecular weight excluding hydrogens is 353 g/mol. The average Bonchev–Trinajstić information content (AvgIpc) is 3.46.